The lowest BCUT2D eigenvalue weighted by molar-refractivity contribution is 0.100. The maximum Gasteiger partial charge on any atom is 0.280 e. The smallest absolute Gasteiger partial charge is 0.280 e. The summed E-state index contributed by atoms with van der Waals surface area (Å²) in [7, 11) is 0. The van der Waals surface area contributed by atoms with Gasteiger partial charge in [0.1, 0.15) is 0 Å². The van der Waals surface area contributed by atoms with Crippen LogP contribution in [0.15, 0.2) is 59.6 Å². The van der Waals surface area contributed by atoms with Gasteiger partial charge in [-0.05, 0) is 29.5 Å². The van der Waals surface area contributed by atoms with Gasteiger partial charge in [-0.25, -0.2) is 4.98 Å². The summed E-state index contributed by atoms with van der Waals surface area (Å²) in [5.41, 5.74) is 15.2. The molecule has 3 aromatic rings. The first-order chi connectivity index (χ1) is 13.3. The van der Waals surface area contributed by atoms with Crippen molar-refractivity contribution >= 4 is 22.8 Å². The Kier molecular flexibility index (Phi) is 5.45. The molecule has 0 aliphatic carbocycles. The molecule has 0 fully saturated rings. The molecule has 144 valence electrons. The van der Waals surface area contributed by atoms with Gasteiger partial charge in [-0.1, -0.05) is 69.7 Å². The fourth-order valence-corrected chi connectivity index (χ4v) is 3.15. The van der Waals surface area contributed by atoms with E-state index >= 15 is 0 Å². The maximum absolute atomic E-state index is 12.5. The van der Waals surface area contributed by atoms with Crippen LogP contribution in [-0.4, -0.2) is 16.9 Å². The Morgan fingerprint density at radius 2 is 1.75 bits per heavy atom. The third kappa shape index (κ3) is 4.36. The summed E-state index contributed by atoms with van der Waals surface area (Å²) in [6.07, 6.45) is 2.14. The number of nitrogens with zero attached hydrogens (tertiary/aromatic N) is 2. The number of pyridine rings is 1. The van der Waals surface area contributed by atoms with Crippen molar-refractivity contribution < 1.29 is 4.79 Å². The molecule has 5 heteroatoms. The molecule has 2 aromatic carbocycles. The van der Waals surface area contributed by atoms with E-state index in [2.05, 4.69) is 37.9 Å². The summed E-state index contributed by atoms with van der Waals surface area (Å²) in [6.45, 7) is 6.75. The number of carbonyl (C=O) groups excluding carboxylic acids is 1. The molecular formula is C23H26N4O. The molecule has 3 rings (SSSR count). The van der Waals surface area contributed by atoms with Crippen LogP contribution in [0.1, 0.15) is 43.1 Å². The number of hydrogen-bond acceptors (Lipinski definition) is 2. The summed E-state index contributed by atoms with van der Waals surface area (Å²) < 4.78 is 0. The van der Waals surface area contributed by atoms with Crippen molar-refractivity contribution in [3.05, 3.63) is 65.7 Å². The average molecular weight is 374 g/mol. The van der Waals surface area contributed by atoms with Crippen LogP contribution in [0.3, 0.4) is 0 Å². The van der Waals surface area contributed by atoms with Crippen molar-refractivity contribution in [1.29, 1.82) is 0 Å². The zero-order valence-electron chi connectivity index (χ0n) is 16.6. The van der Waals surface area contributed by atoms with Crippen molar-refractivity contribution in [1.82, 2.24) is 4.98 Å². The summed E-state index contributed by atoms with van der Waals surface area (Å²) in [5, 5.41) is 0.725. The van der Waals surface area contributed by atoms with E-state index in [0.717, 1.165) is 29.3 Å². The molecule has 5 nitrogen and oxygen atoms in total. The number of benzene rings is 2. The summed E-state index contributed by atoms with van der Waals surface area (Å²) in [5.74, 6) is -0.725. The van der Waals surface area contributed by atoms with Crippen LogP contribution in [0, 0.1) is 5.41 Å². The second-order valence-corrected chi connectivity index (χ2v) is 7.81. The molecule has 0 aliphatic rings. The summed E-state index contributed by atoms with van der Waals surface area (Å²) in [4.78, 5) is 20.9. The molecule has 1 aromatic heterocycles. The second kappa shape index (κ2) is 7.80. The van der Waals surface area contributed by atoms with E-state index in [9.17, 15) is 4.79 Å². The molecule has 1 amide bonds. The number of amides is 1. The SMILES string of the molecule is CCC(C)(C)Cc1ccc(-c2cc(C(=O)N=C(N)N)c3ccccc3n2)cc1. The number of guanidine groups is 1. The number of aromatic nitrogens is 1. The van der Waals surface area contributed by atoms with Gasteiger partial charge < -0.3 is 11.5 Å². The van der Waals surface area contributed by atoms with Crippen LogP contribution >= 0.6 is 0 Å². The maximum atomic E-state index is 12.5. The van der Waals surface area contributed by atoms with Gasteiger partial charge >= 0.3 is 0 Å². The lowest BCUT2D eigenvalue weighted by Gasteiger charge is -2.22. The van der Waals surface area contributed by atoms with Gasteiger partial charge in [0.25, 0.3) is 5.91 Å². The fraction of sp³-hybridized carbons (Fsp3) is 0.261. The van der Waals surface area contributed by atoms with Gasteiger partial charge in [0.15, 0.2) is 5.96 Å². The Morgan fingerprint density at radius 1 is 1.07 bits per heavy atom. The number of nitrogens with two attached hydrogens (primary N) is 2. The number of hydrogen-bond donors (Lipinski definition) is 2. The van der Waals surface area contributed by atoms with Crippen molar-refractivity contribution in [2.24, 2.45) is 21.9 Å². The lowest BCUT2D eigenvalue weighted by Crippen LogP contribution is -2.24. The summed E-state index contributed by atoms with van der Waals surface area (Å²) in [6, 6.07) is 17.6. The normalized spacial score (nSPS) is 11.4. The number of rotatable bonds is 5. The van der Waals surface area contributed by atoms with Gasteiger partial charge in [0.05, 0.1) is 16.8 Å². The van der Waals surface area contributed by atoms with Crippen molar-refractivity contribution in [2.45, 2.75) is 33.6 Å². The minimum Gasteiger partial charge on any atom is -0.370 e. The lowest BCUT2D eigenvalue weighted by atomic mass is 9.83. The molecule has 1 heterocycles. The second-order valence-electron chi connectivity index (χ2n) is 7.81. The number of aliphatic imine (C=N–C) groups is 1. The molecule has 0 unspecified atom stereocenters. The minimum atomic E-state index is -0.471. The van der Waals surface area contributed by atoms with E-state index in [1.165, 1.54) is 5.56 Å². The minimum absolute atomic E-state index is 0.254. The molecule has 4 N–H and O–H groups in total. The van der Waals surface area contributed by atoms with E-state index in [0.29, 0.717) is 11.3 Å². The first kappa shape index (κ1) is 19.5. The third-order valence-electron chi connectivity index (χ3n) is 5.07. The van der Waals surface area contributed by atoms with E-state index in [1.807, 2.05) is 36.4 Å². The highest BCUT2D eigenvalue weighted by atomic mass is 16.1. The number of para-hydroxylation sites is 1. The standard InChI is InChI=1S/C23H26N4O/c1-4-23(2,3)14-15-9-11-16(12-10-15)20-13-18(21(28)27-22(24)25)17-7-5-6-8-19(17)26-20/h5-13H,4,14H2,1-3H3,(H4,24,25,27,28). The Morgan fingerprint density at radius 3 is 2.39 bits per heavy atom. The predicted molar refractivity (Wildman–Crippen MR) is 115 cm³/mol. The Hall–Kier alpha value is -3.21. The zero-order valence-corrected chi connectivity index (χ0v) is 16.6. The predicted octanol–water partition coefficient (Wildman–Crippen LogP) is 4.29. The monoisotopic (exact) mass is 374 g/mol. The van der Waals surface area contributed by atoms with Crippen molar-refractivity contribution in [3.63, 3.8) is 0 Å². The quantitative estimate of drug-likeness (QED) is 0.514. The Bertz CT molecular complexity index is 1030. The average Bonchev–Trinajstić information content (AvgIpc) is 2.67. The molecule has 0 saturated carbocycles. The van der Waals surface area contributed by atoms with Crippen molar-refractivity contribution in [3.8, 4) is 11.3 Å². The highest BCUT2D eigenvalue weighted by Gasteiger charge is 2.16. The molecule has 28 heavy (non-hydrogen) atoms. The van der Waals surface area contributed by atoms with E-state index < -0.39 is 5.91 Å². The fourth-order valence-electron chi connectivity index (χ4n) is 3.15. The Labute approximate surface area is 165 Å². The van der Waals surface area contributed by atoms with Gasteiger partial charge in [-0.3, -0.25) is 4.79 Å². The van der Waals surface area contributed by atoms with Gasteiger partial charge in [-0.2, -0.15) is 4.99 Å². The van der Waals surface area contributed by atoms with E-state index in [-0.39, 0.29) is 11.4 Å². The zero-order chi connectivity index (χ0) is 20.3. The third-order valence-corrected chi connectivity index (χ3v) is 5.07. The van der Waals surface area contributed by atoms with Gasteiger partial charge in [-0.15, -0.1) is 0 Å². The molecule has 0 aliphatic heterocycles. The van der Waals surface area contributed by atoms with Crippen LogP contribution < -0.4 is 11.5 Å². The highest BCUT2D eigenvalue weighted by Crippen LogP contribution is 2.28. The van der Waals surface area contributed by atoms with Crippen LogP contribution in [0.25, 0.3) is 22.2 Å². The van der Waals surface area contributed by atoms with Crippen LogP contribution in [-0.2, 0) is 6.42 Å². The largest absolute Gasteiger partial charge is 0.370 e. The first-order valence-electron chi connectivity index (χ1n) is 9.42. The topological polar surface area (TPSA) is 94.4 Å². The van der Waals surface area contributed by atoms with Gasteiger partial charge in [0, 0.05) is 10.9 Å². The van der Waals surface area contributed by atoms with Gasteiger partial charge in [0.2, 0.25) is 0 Å². The first-order valence-corrected chi connectivity index (χ1v) is 9.42. The van der Waals surface area contributed by atoms with E-state index in [4.69, 9.17) is 16.5 Å². The molecule has 0 saturated heterocycles. The number of carbonyl (C=O) groups is 1. The number of fused-ring (bicyclic) bond motifs is 1. The van der Waals surface area contributed by atoms with Crippen molar-refractivity contribution in [2.75, 3.05) is 0 Å². The molecule has 0 spiro atoms. The summed E-state index contributed by atoms with van der Waals surface area (Å²) >= 11 is 0. The molecular weight excluding hydrogens is 348 g/mol. The van der Waals surface area contributed by atoms with Crippen LogP contribution in [0.5, 0.6) is 0 Å². The van der Waals surface area contributed by atoms with Crippen LogP contribution in [0.2, 0.25) is 0 Å². The molecule has 0 bridgehead atoms. The molecule has 0 atom stereocenters. The van der Waals surface area contributed by atoms with E-state index in [1.54, 1.807) is 6.07 Å². The van der Waals surface area contributed by atoms with Crippen LogP contribution in [0.4, 0.5) is 0 Å². The highest BCUT2D eigenvalue weighted by molar-refractivity contribution is 6.10. The Balaban J connectivity index is 2.04. The molecule has 0 radical (unpaired) electrons.